The van der Waals surface area contributed by atoms with Gasteiger partial charge in [-0.25, -0.2) is 0 Å². The predicted octanol–water partition coefficient (Wildman–Crippen LogP) is 11.6. The zero-order valence-corrected chi connectivity index (χ0v) is 34.2. The molecular weight excluding hydrogens is 725 g/mol. The van der Waals surface area contributed by atoms with Crippen molar-refractivity contribution in [2.75, 3.05) is 14.2 Å². The third-order valence-electron chi connectivity index (χ3n) is 9.95. The second kappa shape index (κ2) is 15.7. The quantitative estimate of drug-likeness (QED) is 0.102. The van der Waals surface area contributed by atoms with E-state index in [0.29, 0.717) is 22.8 Å². The van der Waals surface area contributed by atoms with Crippen LogP contribution in [-0.4, -0.2) is 33.0 Å². The number of ether oxygens (including phenoxy) is 4. The monoisotopic (exact) mass is 770 g/mol. The number of methoxy groups -OCH3 is 2. The summed E-state index contributed by atoms with van der Waals surface area (Å²) in [5.41, 5.74) is 12.1. The Morgan fingerprint density at radius 2 is 0.804 bits per heavy atom. The molecule has 0 saturated heterocycles. The van der Waals surface area contributed by atoms with Gasteiger partial charge >= 0.3 is 0 Å². The van der Waals surface area contributed by atoms with Crippen LogP contribution in [0.2, 0.25) is 0 Å². The average molecular weight is 771 g/mol. The van der Waals surface area contributed by atoms with Crippen molar-refractivity contribution in [2.24, 2.45) is 0 Å². The van der Waals surface area contributed by atoms with E-state index in [4.69, 9.17) is 18.9 Å². The van der Waals surface area contributed by atoms with E-state index in [0.717, 1.165) is 84.3 Å². The number of hydrogen-bond acceptors (Lipinski definition) is 7. The molecule has 0 bridgehead atoms. The Hall–Kier alpha value is -5.90. The molecule has 56 heavy (non-hydrogen) atoms. The van der Waals surface area contributed by atoms with Crippen LogP contribution in [0.15, 0.2) is 95.9 Å². The van der Waals surface area contributed by atoms with Gasteiger partial charge in [0.1, 0.15) is 39.4 Å². The molecule has 6 aromatic rings. The lowest BCUT2D eigenvalue weighted by atomic mass is 9.96. The zero-order chi connectivity index (χ0) is 40.6. The van der Waals surface area contributed by atoms with Crippen LogP contribution in [0, 0.1) is 55.4 Å². The molecule has 0 aliphatic heterocycles. The Bertz CT molecular complexity index is 2530. The van der Waals surface area contributed by atoms with Crippen LogP contribution < -0.4 is 18.9 Å². The SMILES string of the molecule is COc1c(C)cc(-c2cc(C)c(Oc3ccc(C(=O)c4ccc(Oc5c(C)cc(-c6cc(C)c(OC)c(C)c6)cc5C)c(S(=O)(=O)O)c4)cc3)c(C)c2)cc1C. The normalized spacial score (nSPS) is 11.3. The van der Waals surface area contributed by atoms with Crippen LogP contribution in [0.25, 0.3) is 22.3 Å². The lowest BCUT2D eigenvalue weighted by Gasteiger charge is -2.17. The third kappa shape index (κ3) is 8.05. The van der Waals surface area contributed by atoms with Crippen molar-refractivity contribution in [3.63, 3.8) is 0 Å². The molecule has 0 radical (unpaired) electrons. The van der Waals surface area contributed by atoms with E-state index >= 15 is 0 Å². The molecule has 9 heteroatoms. The molecule has 0 saturated carbocycles. The van der Waals surface area contributed by atoms with Crippen molar-refractivity contribution in [3.05, 3.63) is 147 Å². The molecule has 0 fully saturated rings. The van der Waals surface area contributed by atoms with Gasteiger partial charge in [-0.3, -0.25) is 9.35 Å². The topological polar surface area (TPSA) is 108 Å². The first-order chi connectivity index (χ1) is 26.5. The number of benzene rings is 6. The molecule has 0 aromatic heterocycles. The number of carbonyl (C=O) groups excluding carboxylic acids is 1. The predicted molar refractivity (Wildman–Crippen MR) is 221 cm³/mol. The van der Waals surface area contributed by atoms with Crippen molar-refractivity contribution in [1.29, 1.82) is 0 Å². The summed E-state index contributed by atoms with van der Waals surface area (Å²) >= 11 is 0. The van der Waals surface area contributed by atoms with Crippen molar-refractivity contribution >= 4 is 15.9 Å². The van der Waals surface area contributed by atoms with E-state index < -0.39 is 20.8 Å². The van der Waals surface area contributed by atoms with Gasteiger partial charge in [-0.15, -0.1) is 0 Å². The Labute approximate surface area is 329 Å². The molecule has 0 aliphatic rings. The minimum atomic E-state index is -4.78. The molecule has 0 atom stereocenters. The Morgan fingerprint density at radius 3 is 1.16 bits per heavy atom. The van der Waals surface area contributed by atoms with Crippen molar-refractivity contribution in [3.8, 4) is 56.8 Å². The average Bonchev–Trinajstić information content (AvgIpc) is 3.13. The first-order valence-corrected chi connectivity index (χ1v) is 19.6. The van der Waals surface area contributed by atoms with Crippen molar-refractivity contribution in [1.82, 2.24) is 0 Å². The molecule has 0 amide bonds. The van der Waals surface area contributed by atoms with E-state index in [-0.39, 0.29) is 11.3 Å². The van der Waals surface area contributed by atoms with Gasteiger partial charge in [0, 0.05) is 11.1 Å². The lowest BCUT2D eigenvalue weighted by Crippen LogP contribution is -2.07. The standard InChI is InChI=1S/C47H46O8S/c1-26-17-36(18-27(2)44(26)52-9)38-21-30(5)46(31(6)22-38)54-40-14-11-34(12-15-40)43(48)35-13-16-41(42(25-35)56(49,50)51)55-47-32(7)23-39(24-33(47)8)37-19-28(3)45(53-10)29(4)20-37/h11-25H,1-10H3,(H,49,50,51). The van der Waals surface area contributed by atoms with Crippen LogP contribution in [0.5, 0.6) is 34.5 Å². The molecule has 0 unspecified atom stereocenters. The minimum Gasteiger partial charge on any atom is -0.496 e. The molecule has 0 heterocycles. The van der Waals surface area contributed by atoms with Crippen molar-refractivity contribution < 1.29 is 36.7 Å². The second-order valence-corrected chi connectivity index (χ2v) is 15.7. The molecule has 8 nitrogen and oxygen atoms in total. The minimum absolute atomic E-state index is 0.0685. The number of carbonyl (C=O) groups is 1. The van der Waals surface area contributed by atoms with Crippen LogP contribution in [-0.2, 0) is 10.1 Å². The van der Waals surface area contributed by atoms with Crippen molar-refractivity contribution in [2.45, 2.75) is 60.3 Å². The number of aryl methyl sites for hydroxylation is 8. The highest BCUT2D eigenvalue weighted by Gasteiger charge is 2.23. The summed E-state index contributed by atoms with van der Waals surface area (Å²) < 4.78 is 59.1. The van der Waals surface area contributed by atoms with Gasteiger partial charge in [0.2, 0.25) is 0 Å². The van der Waals surface area contributed by atoms with Gasteiger partial charge in [-0.05, 0) is 213 Å². The summed E-state index contributed by atoms with van der Waals surface area (Å²) in [4.78, 5) is 13.1. The summed E-state index contributed by atoms with van der Waals surface area (Å²) in [6, 6.07) is 27.1. The number of hydrogen-bond donors (Lipinski definition) is 1. The molecule has 0 aliphatic carbocycles. The van der Waals surface area contributed by atoms with E-state index in [1.54, 1.807) is 38.5 Å². The van der Waals surface area contributed by atoms with Crippen LogP contribution in [0.3, 0.4) is 0 Å². The van der Waals surface area contributed by atoms with Gasteiger partial charge < -0.3 is 18.9 Å². The molecule has 6 rings (SSSR count). The van der Waals surface area contributed by atoms with Gasteiger partial charge in [-0.1, -0.05) is 0 Å². The summed E-state index contributed by atoms with van der Waals surface area (Å²) in [7, 11) is -1.44. The van der Waals surface area contributed by atoms with Crippen LogP contribution >= 0.6 is 0 Å². The third-order valence-corrected chi connectivity index (χ3v) is 10.8. The summed E-state index contributed by atoms with van der Waals surface area (Å²) in [5, 5.41) is 0. The molecule has 288 valence electrons. The fourth-order valence-electron chi connectivity index (χ4n) is 7.44. The zero-order valence-electron chi connectivity index (χ0n) is 33.4. The maximum atomic E-state index is 13.6. The Morgan fingerprint density at radius 1 is 0.464 bits per heavy atom. The fraction of sp³-hybridized carbons (Fsp3) is 0.213. The van der Waals surface area contributed by atoms with Crippen LogP contribution in [0.1, 0.15) is 60.4 Å². The Kier molecular flexibility index (Phi) is 11.1. The van der Waals surface area contributed by atoms with Gasteiger partial charge in [0.05, 0.1) is 14.2 Å². The maximum Gasteiger partial charge on any atom is 0.298 e. The van der Waals surface area contributed by atoms with E-state index in [2.05, 4.69) is 36.4 Å². The van der Waals surface area contributed by atoms with E-state index in [9.17, 15) is 17.8 Å². The Balaban J connectivity index is 1.22. The molecule has 6 aromatic carbocycles. The maximum absolute atomic E-state index is 13.6. The van der Waals surface area contributed by atoms with Gasteiger partial charge in [-0.2, -0.15) is 8.42 Å². The smallest absolute Gasteiger partial charge is 0.298 e. The lowest BCUT2D eigenvalue weighted by molar-refractivity contribution is 0.103. The highest BCUT2D eigenvalue weighted by molar-refractivity contribution is 7.86. The highest BCUT2D eigenvalue weighted by Crippen LogP contribution is 2.39. The number of ketones is 1. The molecule has 1 N–H and O–H groups in total. The first kappa shape index (κ1) is 39.8. The largest absolute Gasteiger partial charge is 0.496 e. The highest BCUT2D eigenvalue weighted by atomic mass is 32.2. The number of rotatable bonds is 11. The fourth-order valence-corrected chi connectivity index (χ4v) is 8.08. The van der Waals surface area contributed by atoms with Gasteiger partial charge in [0.25, 0.3) is 10.1 Å². The molecule has 0 spiro atoms. The first-order valence-electron chi connectivity index (χ1n) is 18.1. The summed E-state index contributed by atoms with van der Waals surface area (Å²) in [6.07, 6.45) is 0. The second-order valence-electron chi connectivity index (χ2n) is 14.4. The van der Waals surface area contributed by atoms with Gasteiger partial charge in [0.15, 0.2) is 5.78 Å². The summed E-state index contributed by atoms with van der Waals surface area (Å²) in [5.74, 6) is 2.89. The van der Waals surface area contributed by atoms with Crippen LogP contribution in [0.4, 0.5) is 0 Å². The van der Waals surface area contributed by atoms with E-state index in [1.165, 1.54) is 12.1 Å². The molecular formula is C47H46O8S. The summed E-state index contributed by atoms with van der Waals surface area (Å²) in [6.45, 7) is 15.8. The van der Waals surface area contributed by atoms with E-state index in [1.807, 2.05) is 67.5 Å².